The van der Waals surface area contributed by atoms with Gasteiger partial charge in [-0.05, 0) is 37.3 Å². The maximum absolute atomic E-state index is 5.11. The molecule has 0 saturated carbocycles. The summed E-state index contributed by atoms with van der Waals surface area (Å²) in [5, 5.41) is 3.62. The van der Waals surface area contributed by atoms with E-state index in [0.717, 1.165) is 19.6 Å². The largest absolute Gasteiger partial charge is 0.385 e. The molecule has 2 heteroatoms. The molecular weight excluding hydrogens is 222 g/mol. The predicted octanol–water partition coefficient (Wildman–Crippen LogP) is 3.58. The molecule has 2 unspecified atom stereocenters. The van der Waals surface area contributed by atoms with Crippen LogP contribution < -0.4 is 5.32 Å². The second-order valence-electron chi connectivity index (χ2n) is 4.85. The summed E-state index contributed by atoms with van der Waals surface area (Å²) in [4.78, 5) is 0. The molecule has 0 aliphatic heterocycles. The lowest BCUT2D eigenvalue weighted by Gasteiger charge is -2.25. The van der Waals surface area contributed by atoms with Gasteiger partial charge in [0.2, 0.25) is 0 Å². The van der Waals surface area contributed by atoms with Crippen molar-refractivity contribution in [2.75, 3.05) is 20.3 Å². The summed E-state index contributed by atoms with van der Waals surface area (Å²) in [5.41, 5.74) is 1.43. The Bertz CT molecular complexity index is 299. The Balaban J connectivity index is 2.49. The molecule has 102 valence electrons. The second-order valence-corrected chi connectivity index (χ2v) is 4.85. The van der Waals surface area contributed by atoms with Gasteiger partial charge in [-0.3, -0.25) is 0 Å². The van der Waals surface area contributed by atoms with E-state index in [1.165, 1.54) is 18.4 Å². The van der Waals surface area contributed by atoms with Crippen molar-refractivity contribution in [2.45, 2.75) is 45.1 Å². The van der Waals surface area contributed by atoms with Crippen molar-refractivity contribution in [3.8, 4) is 0 Å². The molecule has 2 atom stereocenters. The van der Waals surface area contributed by atoms with Gasteiger partial charge in [-0.2, -0.15) is 0 Å². The van der Waals surface area contributed by atoms with Gasteiger partial charge in [0, 0.05) is 19.8 Å². The zero-order valence-electron chi connectivity index (χ0n) is 12.0. The third-order valence-electron chi connectivity index (χ3n) is 3.51. The van der Waals surface area contributed by atoms with Crippen molar-refractivity contribution in [1.82, 2.24) is 5.32 Å². The van der Waals surface area contributed by atoms with E-state index in [0.29, 0.717) is 12.0 Å². The van der Waals surface area contributed by atoms with Gasteiger partial charge in [-0.15, -0.1) is 0 Å². The van der Waals surface area contributed by atoms with Gasteiger partial charge in [-0.1, -0.05) is 44.2 Å². The summed E-state index contributed by atoms with van der Waals surface area (Å²) >= 11 is 0. The van der Waals surface area contributed by atoms with Crippen LogP contribution in [0.3, 0.4) is 0 Å². The first kappa shape index (κ1) is 15.2. The van der Waals surface area contributed by atoms with E-state index in [1.807, 2.05) is 0 Å². The number of likely N-dealkylation sites (N-methyl/N-ethyl adjacent to an activating group) is 1. The van der Waals surface area contributed by atoms with E-state index in [4.69, 9.17) is 4.74 Å². The highest BCUT2D eigenvalue weighted by Crippen LogP contribution is 2.22. The molecule has 0 amide bonds. The van der Waals surface area contributed by atoms with Gasteiger partial charge < -0.3 is 10.1 Å². The van der Waals surface area contributed by atoms with Crippen LogP contribution in [0.2, 0.25) is 0 Å². The fourth-order valence-corrected chi connectivity index (χ4v) is 2.39. The number of hydrogen-bond acceptors (Lipinski definition) is 2. The van der Waals surface area contributed by atoms with E-state index in [1.54, 1.807) is 7.11 Å². The maximum Gasteiger partial charge on any atom is 0.0462 e. The Morgan fingerprint density at radius 3 is 2.50 bits per heavy atom. The van der Waals surface area contributed by atoms with Gasteiger partial charge in [0.25, 0.3) is 0 Å². The number of benzene rings is 1. The van der Waals surface area contributed by atoms with Crippen LogP contribution in [0.15, 0.2) is 30.3 Å². The van der Waals surface area contributed by atoms with Crippen LogP contribution in [0.1, 0.15) is 44.6 Å². The van der Waals surface area contributed by atoms with E-state index < -0.39 is 0 Å². The summed E-state index contributed by atoms with van der Waals surface area (Å²) in [7, 11) is 1.77. The zero-order chi connectivity index (χ0) is 13.2. The van der Waals surface area contributed by atoms with E-state index in [2.05, 4.69) is 49.5 Å². The smallest absolute Gasteiger partial charge is 0.0462 e. The van der Waals surface area contributed by atoms with Crippen molar-refractivity contribution in [3.63, 3.8) is 0 Å². The average molecular weight is 249 g/mol. The third-order valence-corrected chi connectivity index (χ3v) is 3.51. The summed E-state index contributed by atoms with van der Waals surface area (Å²) in [6.07, 6.45) is 3.59. The predicted molar refractivity (Wildman–Crippen MR) is 78.0 cm³/mol. The Labute approximate surface area is 112 Å². The van der Waals surface area contributed by atoms with Crippen molar-refractivity contribution in [1.29, 1.82) is 0 Å². The van der Waals surface area contributed by atoms with Crippen LogP contribution in [0.4, 0.5) is 0 Å². The highest BCUT2D eigenvalue weighted by atomic mass is 16.5. The zero-order valence-corrected chi connectivity index (χ0v) is 12.0. The number of hydrogen-bond donors (Lipinski definition) is 1. The number of unbranched alkanes of at least 4 members (excludes halogenated alkanes) is 1. The lowest BCUT2D eigenvalue weighted by molar-refractivity contribution is 0.190. The summed E-state index contributed by atoms with van der Waals surface area (Å²) in [5.74, 6) is 0.564. The van der Waals surface area contributed by atoms with E-state index in [-0.39, 0.29) is 0 Å². The highest BCUT2D eigenvalue weighted by Gasteiger charge is 2.17. The standard InChI is InChI=1S/C16H27NO/c1-4-17-16(12-8-9-13-18-3)14(2)15-10-6-5-7-11-15/h5-7,10-11,14,16-17H,4,8-9,12-13H2,1-3H3. The lowest BCUT2D eigenvalue weighted by Crippen LogP contribution is -2.33. The monoisotopic (exact) mass is 249 g/mol. The van der Waals surface area contributed by atoms with Crippen LogP contribution >= 0.6 is 0 Å². The number of ether oxygens (including phenoxy) is 1. The molecule has 0 bridgehead atoms. The van der Waals surface area contributed by atoms with Crippen LogP contribution in [0.25, 0.3) is 0 Å². The summed E-state index contributed by atoms with van der Waals surface area (Å²) in [6, 6.07) is 11.3. The van der Waals surface area contributed by atoms with Crippen molar-refractivity contribution >= 4 is 0 Å². The summed E-state index contributed by atoms with van der Waals surface area (Å²) < 4.78 is 5.11. The average Bonchev–Trinajstić information content (AvgIpc) is 2.42. The Hall–Kier alpha value is -0.860. The van der Waals surface area contributed by atoms with Crippen molar-refractivity contribution < 1.29 is 4.74 Å². The van der Waals surface area contributed by atoms with Gasteiger partial charge in [-0.25, -0.2) is 0 Å². The van der Waals surface area contributed by atoms with Gasteiger partial charge in [0.1, 0.15) is 0 Å². The Morgan fingerprint density at radius 2 is 1.89 bits per heavy atom. The minimum absolute atomic E-state index is 0.564. The molecule has 0 aliphatic carbocycles. The van der Waals surface area contributed by atoms with E-state index >= 15 is 0 Å². The SMILES string of the molecule is CCNC(CCCCOC)C(C)c1ccccc1. The highest BCUT2D eigenvalue weighted by molar-refractivity contribution is 5.20. The first-order valence-corrected chi connectivity index (χ1v) is 7.06. The molecule has 1 N–H and O–H groups in total. The van der Waals surface area contributed by atoms with Crippen LogP contribution in [0, 0.1) is 0 Å². The molecule has 1 aromatic carbocycles. The quantitative estimate of drug-likeness (QED) is 0.675. The minimum atomic E-state index is 0.564. The van der Waals surface area contributed by atoms with Crippen molar-refractivity contribution in [2.24, 2.45) is 0 Å². The molecule has 0 spiro atoms. The second kappa shape index (κ2) is 9.12. The normalized spacial score (nSPS) is 14.4. The summed E-state index contributed by atoms with van der Waals surface area (Å²) in [6.45, 7) is 6.41. The minimum Gasteiger partial charge on any atom is -0.385 e. The van der Waals surface area contributed by atoms with Crippen molar-refractivity contribution in [3.05, 3.63) is 35.9 Å². The molecule has 0 saturated heterocycles. The van der Waals surface area contributed by atoms with Crippen LogP contribution in [-0.4, -0.2) is 26.3 Å². The molecule has 0 fully saturated rings. The molecule has 0 radical (unpaired) electrons. The molecule has 2 nitrogen and oxygen atoms in total. The van der Waals surface area contributed by atoms with Gasteiger partial charge >= 0.3 is 0 Å². The number of rotatable bonds is 9. The Kier molecular flexibility index (Phi) is 7.70. The molecule has 18 heavy (non-hydrogen) atoms. The fourth-order valence-electron chi connectivity index (χ4n) is 2.39. The molecule has 1 aromatic rings. The lowest BCUT2D eigenvalue weighted by atomic mass is 9.90. The fraction of sp³-hybridized carbons (Fsp3) is 0.625. The number of nitrogens with one attached hydrogen (secondary N) is 1. The Morgan fingerprint density at radius 1 is 1.17 bits per heavy atom. The molecule has 0 aromatic heterocycles. The molecule has 0 heterocycles. The maximum atomic E-state index is 5.11. The topological polar surface area (TPSA) is 21.3 Å². The van der Waals surface area contributed by atoms with Crippen LogP contribution in [-0.2, 0) is 4.74 Å². The molecule has 1 rings (SSSR count). The number of methoxy groups -OCH3 is 1. The van der Waals surface area contributed by atoms with Gasteiger partial charge in [0.05, 0.1) is 0 Å². The van der Waals surface area contributed by atoms with Crippen LogP contribution in [0.5, 0.6) is 0 Å². The molecular formula is C16H27NO. The first-order valence-electron chi connectivity index (χ1n) is 7.06. The third kappa shape index (κ3) is 5.19. The first-order chi connectivity index (χ1) is 8.79. The van der Waals surface area contributed by atoms with E-state index in [9.17, 15) is 0 Å². The van der Waals surface area contributed by atoms with Gasteiger partial charge in [0.15, 0.2) is 0 Å². The molecule has 0 aliphatic rings.